The Morgan fingerprint density at radius 3 is 2.23 bits per heavy atom. The Kier molecular flexibility index (Phi) is 6.02. The number of aromatic nitrogens is 2. The van der Waals surface area contributed by atoms with Gasteiger partial charge in [-0.15, -0.1) is 0 Å². The second-order valence-corrected chi connectivity index (χ2v) is 11.2. The molecule has 0 bridgehead atoms. The number of imide groups is 1. The molecular weight excluding hydrogens is 562 g/mol. The number of carbonyl (C=O) groups is 2. The van der Waals surface area contributed by atoms with Crippen LogP contribution < -0.4 is 14.8 Å². The Labute approximate surface area is 242 Å². The highest BCUT2D eigenvalue weighted by molar-refractivity contribution is 6.39. The van der Waals surface area contributed by atoms with Gasteiger partial charge in [0.05, 0.1) is 39.8 Å². The van der Waals surface area contributed by atoms with Gasteiger partial charge in [-0.2, -0.15) is 0 Å². The minimum Gasteiger partial charge on any atom is -0.449 e. The van der Waals surface area contributed by atoms with Crippen LogP contribution in [0.4, 0.5) is 0 Å². The van der Waals surface area contributed by atoms with E-state index in [1.807, 2.05) is 0 Å². The molecule has 2 amide bonds. The molecule has 3 aromatic carbocycles. The van der Waals surface area contributed by atoms with Crippen molar-refractivity contribution >= 4 is 55.4 Å². The Bertz CT molecular complexity index is 1990. The maximum atomic E-state index is 13.4. The van der Waals surface area contributed by atoms with Gasteiger partial charge in [0.15, 0.2) is 17.7 Å². The first-order valence-electron chi connectivity index (χ1n) is 13.7. The lowest BCUT2D eigenvalue weighted by molar-refractivity contribution is -0.249. The van der Waals surface area contributed by atoms with Crippen molar-refractivity contribution in [3.05, 3.63) is 47.5 Å². The first-order valence-corrected chi connectivity index (χ1v) is 13.7. The molecule has 43 heavy (non-hydrogen) atoms. The smallest absolute Gasteiger partial charge is 0.259 e. The van der Waals surface area contributed by atoms with Crippen LogP contribution >= 0.6 is 0 Å². The fraction of sp³-hybridized carbons (Fsp3) is 0.333. The molecule has 5 atom stereocenters. The summed E-state index contributed by atoms with van der Waals surface area (Å²) in [5.74, 6) is -0.992. The van der Waals surface area contributed by atoms with Gasteiger partial charge in [-0.25, -0.2) is 0 Å². The molecule has 7 N–H and O–H groups in total. The van der Waals surface area contributed by atoms with E-state index in [0.717, 1.165) is 7.11 Å². The number of aromatic amines is 1. The molecule has 0 radical (unpaired) electrons. The van der Waals surface area contributed by atoms with Gasteiger partial charge in [0, 0.05) is 48.6 Å². The molecule has 1 saturated heterocycles. The average molecular weight is 592 g/mol. The molecule has 0 aliphatic carbocycles. The number of nitrogens with zero attached hydrogens (tertiary/aromatic N) is 1. The van der Waals surface area contributed by atoms with Gasteiger partial charge in [-0.05, 0) is 12.1 Å². The lowest BCUT2D eigenvalue weighted by atomic mass is 9.96. The summed E-state index contributed by atoms with van der Waals surface area (Å²) in [5, 5.41) is 53.7. The topological polar surface area (TPSA) is 196 Å². The van der Waals surface area contributed by atoms with E-state index in [1.54, 1.807) is 54.8 Å². The monoisotopic (exact) mass is 591 g/mol. The predicted molar refractivity (Wildman–Crippen MR) is 153 cm³/mol. The number of H-pyrrole nitrogens is 1. The van der Waals surface area contributed by atoms with E-state index in [1.165, 1.54) is 0 Å². The van der Waals surface area contributed by atoms with Gasteiger partial charge in [0.25, 0.3) is 11.8 Å². The second kappa shape index (κ2) is 9.38. The number of hydrogen-bond donors (Lipinski definition) is 7. The molecule has 13 nitrogen and oxygen atoms in total. The lowest BCUT2D eigenvalue weighted by Crippen LogP contribution is -2.56. The van der Waals surface area contributed by atoms with Gasteiger partial charge in [0.1, 0.15) is 24.4 Å². The molecule has 8 rings (SSSR count). The largest absolute Gasteiger partial charge is 0.449 e. The highest BCUT2D eigenvalue weighted by Crippen LogP contribution is 2.49. The Balaban J connectivity index is 0.00000147. The highest BCUT2D eigenvalue weighted by atomic mass is 16.7. The Morgan fingerprint density at radius 1 is 0.884 bits per heavy atom. The van der Waals surface area contributed by atoms with Gasteiger partial charge >= 0.3 is 0 Å². The number of carbonyl (C=O) groups excluding carboxylic acids is 2. The summed E-state index contributed by atoms with van der Waals surface area (Å²) in [5.41, 5.74) is 2.47. The van der Waals surface area contributed by atoms with Crippen molar-refractivity contribution in [2.75, 3.05) is 13.7 Å². The van der Waals surface area contributed by atoms with Crippen molar-refractivity contribution in [2.45, 2.75) is 50.3 Å². The number of rotatable bonds is 2. The van der Waals surface area contributed by atoms with Crippen molar-refractivity contribution in [2.24, 2.45) is 0 Å². The van der Waals surface area contributed by atoms with Crippen LogP contribution in [0.2, 0.25) is 0 Å². The number of benzene rings is 3. The zero-order valence-electron chi connectivity index (χ0n) is 23.3. The SMILES string of the molecule is CC1(C)Oc2cc3[nH]c4c(c5c(c6c7ccccc7n(C7OC(CO)C(O)C(O)C7O)c46)C(=O)NC5=O)c3cc2O1.CO. The molecule has 2 aromatic heterocycles. The number of aliphatic hydroxyl groups excluding tert-OH is 5. The number of amides is 2. The summed E-state index contributed by atoms with van der Waals surface area (Å²) in [6, 6.07) is 10.7. The van der Waals surface area contributed by atoms with Crippen LogP contribution in [0, 0.1) is 0 Å². The summed E-state index contributed by atoms with van der Waals surface area (Å²) in [6.07, 6.45) is -7.19. The molecule has 13 heteroatoms. The van der Waals surface area contributed by atoms with Gasteiger partial charge < -0.3 is 49.3 Å². The first-order chi connectivity index (χ1) is 20.6. The van der Waals surface area contributed by atoms with Crippen LogP contribution in [-0.2, 0) is 4.74 Å². The van der Waals surface area contributed by atoms with Crippen LogP contribution in [0.15, 0.2) is 36.4 Å². The number of fused-ring (bicyclic) bond motifs is 11. The Hall–Kier alpha value is -4.24. The standard InChI is InChI=1S/C29H25N3O9.CH4O/c1-29(2)40-14-7-11-12(8-15(14)41-29)30-21-17(11)19-20(27(38)31-26(19)37)18-10-5-3-4-6-13(10)32(22(18)21)28-25(36)24(35)23(34)16(9-33)39-28;1-2/h3-8,16,23-25,28,30,33-36H,9H2,1-2H3,(H,31,37,38);2H,1H3. The average Bonchev–Trinajstić information content (AvgIpc) is 3.69. The van der Waals surface area contributed by atoms with Crippen molar-refractivity contribution in [3.8, 4) is 11.5 Å². The fourth-order valence-corrected chi connectivity index (χ4v) is 6.60. The van der Waals surface area contributed by atoms with E-state index < -0.39 is 54.9 Å². The molecule has 5 unspecified atom stereocenters. The van der Waals surface area contributed by atoms with E-state index in [4.69, 9.17) is 19.3 Å². The summed E-state index contributed by atoms with van der Waals surface area (Å²) in [4.78, 5) is 30.1. The maximum absolute atomic E-state index is 13.4. The van der Waals surface area contributed by atoms with Crippen molar-refractivity contribution < 1.29 is 49.3 Å². The molecule has 0 spiro atoms. The maximum Gasteiger partial charge on any atom is 0.259 e. The van der Waals surface area contributed by atoms with Crippen LogP contribution in [0.1, 0.15) is 40.8 Å². The fourth-order valence-electron chi connectivity index (χ4n) is 6.60. The zero-order chi connectivity index (χ0) is 30.5. The summed E-state index contributed by atoms with van der Waals surface area (Å²) in [7, 11) is 1.00. The molecule has 5 heterocycles. The van der Waals surface area contributed by atoms with Crippen LogP contribution in [-0.4, -0.2) is 90.8 Å². The van der Waals surface area contributed by atoms with E-state index in [0.29, 0.717) is 55.1 Å². The first kappa shape index (κ1) is 27.6. The Morgan fingerprint density at radius 2 is 1.53 bits per heavy atom. The molecule has 5 aromatic rings. The molecule has 3 aliphatic rings. The van der Waals surface area contributed by atoms with Gasteiger partial charge in [-0.1, -0.05) is 18.2 Å². The minimum atomic E-state index is -1.62. The van der Waals surface area contributed by atoms with E-state index >= 15 is 0 Å². The number of aliphatic hydroxyl groups is 5. The zero-order valence-corrected chi connectivity index (χ0v) is 23.3. The summed E-state index contributed by atoms with van der Waals surface area (Å²) >= 11 is 0. The predicted octanol–water partition coefficient (Wildman–Crippen LogP) is 1.40. The number of nitrogens with one attached hydrogen (secondary N) is 2. The quantitative estimate of drug-likeness (QED) is 0.147. The van der Waals surface area contributed by atoms with Crippen LogP contribution in [0.5, 0.6) is 11.5 Å². The van der Waals surface area contributed by atoms with Crippen molar-refractivity contribution in [1.82, 2.24) is 14.9 Å². The highest BCUT2D eigenvalue weighted by Gasteiger charge is 2.46. The summed E-state index contributed by atoms with van der Waals surface area (Å²) < 4.78 is 19.5. The number of para-hydroxylation sites is 1. The minimum absolute atomic E-state index is 0.177. The van der Waals surface area contributed by atoms with Crippen molar-refractivity contribution in [1.29, 1.82) is 0 Å². The lowest BCUT2D eigenvalue weighted by Gasteiger charge is -2.41. The molecular formula is C30H29N3O10. The third kappa shape index (κ3) is 3.67. The number of ether oxygens (including phenoxy) is 3. The third-order valence-corrected chi connectivity index (χ3v) is 8.27. The second-order valence-electron chi connectivity index (χ2n) is 11.2. The molecule has 1 fully saturated rings. The molecule has 0 saturated carbocycles. The van der Waals surface area contributed by atoms with E-state index in [-0.39, 0.29) is 11.1 Å². The van der Waals surface area contributed by atoms with Crippen LogP contribution in [0.3, 0.4) is 0 Å². The molecule has 3 aliphatic heterocycles. The van der Waals surface area contributed by atoms with Crippen molar-refractivity contribution in [3.63, 3.8) is 0 Å². The van der Waals surface area contributed by atoms with E-state index in [2.05, 4.69) is 10.3 Å². The number of hydrogen-bond acceptors (Lipinski definition) is 10. The van der Waals surface area contributed by atoms with E-state index in [9.17, 15) is 30.0 Å². The van der Waals surface area contributed by atoms with Gasteiger partial charge in [-0.3, -0.25) is 14.9 Å². The third-order valence-electron chi connectivity index (χ3n) is 8.27. The molecule has 224 valence electrons. The van der Waals surface area contributed by atoms with Crippen LogP contribution in [0.25, 0.3) is 43.6 Å². The normalized spacial score (nSPS) is 25.8. The summed E-state index contributed by atoms with van der Waals surface area (Å²) in [6.45, 7) is 2.96. The van der Waals surface area contributed by atoms with Gasteiger partial charge in [0.2, 0.25) is 5.79 Å².